The number of ether oxygens (including phenoxy) is 1. The van der Waals surface area contributed by atoms with Crippen molar-refractivity contribution < 1.29 is 14.3 Å². The Morgan fingerprint density at radius 3 is 2.37 bits per heavy atom. The normalized spacial score (nSPS) is 12.4. The summed E-state index contributed by atoms with van der Waals surface area (Å²) in [6, 6.07) is 0.886. The summed E-state index contributed by atoms with van der Waals surface area (Å²) in [5.41, 5.74) is -0.608. The molecule has 0 saturated carbocycles. The number of anilines is 1. The van der Waals surface area contributed by atoms with E-state index >= 15 is 0 Å². The maximum absolute atomic E-state index is 11.8. The minimum Gasteiger partial charge on any atom is -0.444 e. The van der Waals surface area contributed by atoms with Gasteiger partial charge in [-0.15, -0.1) is 0 Å². The lowest BCUT2D eigenvalue weighted by Crippen LogP contribution is -2.44. The first-order valence-electron chi connectivity index (χ1n) is 5.85. The van der Waals surface area contributed by atoms with Crippen molar-refractivity contribution >= 4 is 17.9 Å². The van der Waals surface area contributed by atoms with Gasteiger partial charge >= 0.3 is 6.09 Å². The van der Waals surface area contributed by atoms with E-state index in [0.717, 1.165) is 0 Å². The second kappa shape index (κ2) is 6.12. The molecule has 1 aromatic rings. The summed E-state index contributed by atoms with van der Waals surface area (Å²) in [6.45, 7) is 6.78. The number of hydrogen-bond acceptors (Lipinski definition) is 5. The first kappa shape index (κ1) is 14.9. The highest BCUT2D eigenvalue weighted by atomic mass is 16.6. The molecular formula is C12H18N4O3. The standard InChI is InChI=1S/C12H18N4O3/c1-8(15-11(18)19-12(2,3)4)9(17)16-10-13-6-5-7-14-10/h5-8H,1-4H3,(H,15,18)(H,13,14,16,17). The first-order chi connectivity index (χ1) is 8.78. The van der Waals surface area contributed by atoms with Gasteiger partial charge in [-0.25, -0.2) is 14.8 Å². The molecular weight excluding hydrogens is 248 g/mol. The molecule has 1 unspecified atom stereocenters. The van der Waals surface area contributed by atoms with Crippen molar-refractivity contribution in [3.05, 3.63) is 18.5 Å². The van der Waals surface area contributed by atoms with Crippen LogP contribution in [-0.4, -0.2) is 33.6 Å². The van der Waals surface area contributed by atoms with Crippen LogP contribution in [0.2, 0.25) is 0 Å². The predicted molar refractivity (Wildman–Crippen MR) is 69.5 cm³/mol. The quantitative estimate of drug-likeness (QED) is 0.860. The van der Waals surface area contributed by atoms with Gasteiger partial charge in [0.05, 0.1) is 0 Å². The number of alkyl carbamates (subject to hydrolysis) is 1. The van der Waals surface area contributed by atoms with Crippen molar-refractivity contribution in [2.45, 2.75) is 39.3 Å². The van der Waals surface area contributed by atoms with Crippen molar-refractivity contribution in [2.24, 2.45) is 0 Å². The van der Waals surface area contributed by atoms with Crippen LogP contribution in [0.4, 0.5) is 10.7 Å². The first-order valence-corrected chi connectivity index (χ1v) is 5.85. The highest BCUT2D eigenvalue weighted by Gasteiger charge is 2.21. The van der Waals surface area contributed by atoms with Gasteiger partial charge < -0.3 is 10.1 Å². The van der Waals surface area contributed by atoms with Gasteiger partial charge in [-0.2, -0.15) is 0 Å². The number of hydrogen-bond donors (Lipinski definition) is 2. The molecule has 0 aliphatic heterocycles. The molecule has 2 amide bonds. The number of aromatic nitrogens is 2. The summed E-state index contributed by atoms with van der Waals surface area (Å²) in [4.78, 5) is 30.9. The van der Waals surface area contributed by atoms with Crippen LogP contribution >= 0.6 is 0 Å². The minimum atomic E-state index is -0.751. The van der Waals surface area contributed by atoms with Crippen LogP contribution in [0.15, 0.2) is 18.5 Å². The molecule has 0 radical (unpaired) electrons. The molecule has 1 atom stereocenters. The lowest BCUT2D eigenvalue weighted by atomic mass is 10.2. The average molecular weight is 266 g/mol. The average Bonchev–Trinajstić information content (AvgIpc) is 2.27. The summed E-state index contributed by atoms with van der Waals surface area (Å²) in [5.74, 6) is -0.234. The lowest BCUT2D eigenvalue weighted by Gasteiger charge is -2.21. The molecule has 1 aromatic heterocycles. The molecule has 7 nitrogen and oxygen atoms in total. The SMILES string of the molecule is CC(NC(=O)OC(C)(C)C)C(=O)Nc1ncccn1. The van der Waals surface area contributed by atoms with Crippen LogP contribution in [0.25, 0.3) is 0 Å². The van der Waals surface area contributed by atoms with Crippen LogP contribution in [0.5, 0.6) is 0 Å². The van der Waals surface area contributed by atoms with Crippen molar-refractivity contribution in [3.8, 4) is 0 Å². The zero-order valence-corrected chi connectivity index (χ0v) is 11.4. The van der Waals surface area contributed by atoms with E-state index in [1.165, 1.54) is 12.4 Å². The highest BCUT2D eigenvalue weighted by molar-refractivity contribution is 5.94. The van der Waals surface area contributed by atoms with E-state index < -0.39 is 23.6 Å². The maximum Gasteiger partial charge on any atom is 0.408 e. The molecule has 19 heavy (non-hydrogen) atoms. The molecule has 7 heteroatoms. The summed E-state index contributed by atoms with van der Waals surface area (Å²) >= 11 is 0. The number of carbonyl (C=O) groups is 2. The third-order valence-electron chi connectivity index (χ3n) is 1.93. The molecule has 104 valence electrons. The van der Waals surface area contributed by atoms with Crippen molar-refractivity contribution in [3.63, 3.8) is 0 Å². The monoisotopic (exact) mass is 266 g/mol. The zero-order valence-electron chi connectivity index (χ0n) is 11.4. The van der Waals surface area contributed by atoms with Crippen LogP contribution in [0.1, 0.15) is 27.7 Å². The second-order valence-electron chi connectivity index (χ2n) is 4.93. The van der Waals surface area contributed by atoms with E-state index in [2.05, 4.69) is 20.6 Å². The van der Waals surface area contributed by atoms with E-state index in [0.29, 0.717) is 0 Å². The second-order valence-corrected chi connectivity index (χ2v) is 4.93. The Morgan fingerprint density at radius 1 is 1.26 bits per heavy atom. The number of amides is 2. The largest absolute Gasteiger partial charge is 0.444 e. The van der Waals surface area contributed by atoms with Gasteiger partial charge in [0.25, 0.3) is 0 Å². The van der Waals surface area contributed by atoms with Crippen LogP contribution < -0.4 is 10.6 Å². The molecule has 0 aliphatic rings. The Kier molecular flexibility index (Phi) is 4.80. The number of rotatable bonds is 3. The van der Waals surface area contributed by atoms with E-state index in [-0.39, 0.29) is 5.95 Å². The molecule has 0 saturated heterocycles. The smallest absolute Gasteiger partial charge is 0.408 e. The Hall–Kier alpha value is -2.18. The molecule has 0 fully saturated rings. The number of nitrogens with one attached hydrogen (secondary N) is 2. The molecule has 0 bridgehead atoms. The Labute approximate surface area is 111 Å². The number of nitrogens with zero attached hydrogens (tertiary/aromatic N) is 2. The topological polar surface area (TPSA) is 93.2 Å². The van der Waals surface area contributed by atoms with Gasteiger partial charge in [0.15, 0.2) is 0 Å². The third-order valence-corrected chi connectivity index (χ3v) is 1.93. The zero-order chi connectivity index (χ0) is 14.5. The fraction of sp³-hybridized carbons (Fsp3) is 0.500. The summed E-state index contributed by atoms with van der Waals surface area (Å²) in [7, 11) is 0. The van der Waals surface area contributed by atoms with Crippen molar-refractivity contribution in [1.82, 2.24) is 15.3 Å². The van der Waals surface area contributed by atoms with Crippen molar-refractivity contribution in [2.75, 3.05) is 5.32 Å². The van der Waals surface area contributed by atoms with Crippen molar-refractivity contribution in [1.29, 1.82) is 0 Å². The molecule has 2 N–H and O–H groups in total. The minimum absolute atomic E-state index is 0.185. The van der Waals surface area contributed by atoms with Crippen LogP contribution in [0.3, 0.4) is 0 Å². The van der Waals surface area contributed by atoms with Gasteiger partial charge in [-0.3, -0.25) is 10.1 Å². The van der Waals surface area contributed by atoms with E-state index in [9.17, 15) is 9.59 Å². The Bertz CT molecular complexity index is 442. The van der Waals surface area contributed by atoms with Gasteiger partial charge in [-0.1, -0.05) is 0 Å². The van der Waals surface area contributed by atoms with E-state index in [1.807, 2.05) is 0 Å². The van der Waals surface area contributed by atoms with Gasteiger partial charge in [0.2, 0.25) is 11.9 Å². The van der Waals surface area contributed by atoms with E-state index in [4.69, 9.17) is 4.74 Å². The van der Waals surface area contributed by atoms with Gasteiger partial charge in [-0.05, 0) is 33.8 Å². The maximum atomic E-state index is 11.8. The summed E-state index contributed by atoms with van der Waals surface area (Å²) in [6.07, 6.45) is 2.37. The van der Waals surface area contributed by atoms with Gasteiger partial charge in [0, 0.05) is 12.4 Å². The molecule has 0 spiro atoms. The fourth-order valence-electron chi connectivity index (χ4n) is 1.13. The van der Waals surface area contributed by atoms with Gasteiger partial charge in [0.1, 0.15) is 11.6 Å². The molecule has 1 heterocycles. The molecule has 0 aromatic carbocycles. The summed E-state index contributed by atoms with van der Waals surface area (Å²) in [5, 5.41) is 4.91. The Morgan fingerprint density at radius 2 is 1.84 bits per heavy atom. The molecule has 0 aliphatic carbocycles. The van der Waals surface area contributed by atoms with Crippen LogP contribution in [-0.2, 0) is 9.53 Å². The third kappa shape index (κ3) is 5.80. The highest BCUT2D eigenvalue weighted by Crippen LogP contribution is 2.06. The fourth-order valence-corrected chi connectivity index (χ4v) is 1.13. The van der Waals surface area contributed by atoms with E-state index in [1.54, 1.807) is 33.8 Å². The lowest BCUT2D eigenvalue weighted by molar-refractivity contribution is -0.117. The van der Waals surface area contributed by atoms with Crippen LogP contribution in [0, 0.1) is 0 Å². The Balaban J connectivity index is 2.47. The summed E-state index contributed by atoms with van der Waals surface area (Å²) < 4.78 is 5.05. The predicted octanol–water partition coefficient (Wildman–Crippen LogP) is 1.33. The number of carbonyl (C=O) groups excluding carboxylic acids is 2. The molecule has 1 rings (SSSR count).